The molecule has 0 radical (unpaired) electrons. The van der Waals surface area contributed by atoms with Crippen LogP contribution in [0.4, 0.5) is 0 Å². The first-order valence-electron chi connectivity index (χ1n) is 9.42. The van der Waals surface area contributed by atoms with Gasteiger partial charge in [0.1, 0.15) is 0 Å². The number of sulfone groups is 1. The minimum atomic E-state index is -3.04. The van der Waals surface area contributed by atoms with E-state index in [0.29, 0.717) is 24.1 Å². The summed E-state index contributed by atoms with van der Waals surface area (Å²) in [5, 5.41) is 8.44. The second kappa shape index (κ2) is 9.09. The number of rotatable bonds is 8. The molecule has 0 unspecified atom stereocenters. The summed E-state index contributed by atoms with van der Waals surface area (Å²) in [5.41, 5.74) is 1.90. The molecule has 1 saturated heterocycles. The number of hydrogen-bond acceptors (Lipinski definition) is 7. The highest BCUT2D eigenvalue weighted by molar-refractivity contribution is 7.99. The van der Waals surface area contributed by atoms with Gasteiger partial charge in [-0.3, -0.25) is 4.79 Å². The van der Waals surface area contributed by atoms with Gasteiger partial charge in [0.05, 0.1) is 17.3 Å². The first-order valence-corrected chi connectivity index (χ1v) is 12.2. The molecule has 28 heavy (non-hydrogen) atoms. The van der Waals surface area contributed by atoms with Crippen LogP contribution in [0.25, 0.3) is 11.5 Å². The van der Waals surface area contributed by atoms with Crippen LogP contribution >= 0.6 is 11.8 Å². The van der Waals surface area contributed by atoms with Gasteiger partial charge in [0.15, 0.2) is 9.84 Å². The minimum absolute atomic E-state index is 0.0606. The fourth-order valence-electron chi connectivity index (χ4n) is 3.26. The van der Waals surface area contributed by atoms with E-state index in [2.05, 4.69) is 10.2 Å². The summed E-state index contributed by atoms with van der Waals surface area (Å²) >= 11 is 1.19. The van der Waals surface area contributed by atoms with Crippen molar-refractivity contribution in [1.29, 1.82) is 0 Å². The molecule has 7 nitrogen and oxygen atoms in total. The van der Waals surface area contributed by atoms with Gasteiger partial charge in [0, 0.05) is 18.2 Å². The summed E-state index contributed by atoms with van der Waals surface area (Å²) in [4.78, 5) is 14.5. The van der Waals surface area contributed by atoms with Crippen molar-refractivity contribution in [3.05, 3.63) is 29.8 Å². The van der Waals surface area contributed by atoms with Gasteiger partial charge in [-0.1, -0.05) is 43.3 Å². The van der Waals surface area contributed by atoms with Gasteiger partial charge in [-0.05, 0) is 31.4 Å². The number of benzene rings is 1. The molecule has 1 fully saturated rings. The van der Waals surface area contributed by atoms with Gasteiger partial charge < -0.3 is 9.32 Å². The largest absolute Gasteiger partial charge is 0.411 e. The van der Waals surface area contributed by atoms with Gasteiger partial charge in [0.25, 0.3) is 5.22 Å². The molecule has 0 bridgehead atoms. The maximum absolute atomic E-state index is 12.8. The Morgan fingerprint density at radius 1 is 1.32 bits per heavy atom. The lowest BCUT2D eigenvalue weighted by molar-refractivity contribution is -0.130. The number of carbonyl (C=O) groups is 1. The fourth-order valence-corrected chi connectivity index (χ4v) is 5.64. The van der Waals surface area contributed by atoms with Crippen LogP contribution in [0.2, 0.25) is 0 Å². The first kappa shape index (κ1) is 20.9. The van der Waals surface area contributed by atoms with Crippen LogP contribution < -0.4 is 0 Å². The molecule has 1 aromatic heterocycles. The van der Waals surface area contributed by atoms with Crippen molar-refractivity contribution in [3.8, 4) is 11.5 Å². The molecule has 3 rings (SSSR count). The molecular formula is C19H25N3O4S2. The van der Waals surface area contributed by atoms with Crippen LogP contribution in [0.5, 0.6) is 0 Å². The van der Waals surface area contributed by atoms with Crippen molar-refractivity contribution in [2.45, 2.75) is 44.4 Å². The molecule has 1 aliphatic heterocycles. The lowest BCUT2D eigenvalue weighted by atomic mass is 10.1. The third-order valence-electron chi connectivity index (χ3n) is 4.82. The Hall–Kier alpha value is -1.87. The third-order valence-corrected chi connectivity index (χ3v) is 7.38. The van der Waals surface area contributed by atoms with Crippen LogP contribution in [-0.2, 0) is 14.6 Å². The molecular weight excluding hydrogens is 398 g/mol. The van der Waals surface area contributed by atoms with Gasteiger partial charge in [-0.25, -0.2) is 8.42 Å². The zero-order chi connectivity index (χ0) is 20.1. The van der Waals surface area contributed by atoms with E-state index >= 15 is 0 Å². The Morgan fingerprint density at radius 3 is 2.79 bits per heavy atom. The monoisotopic (exact) mass is 423 g/mol. The number of unbranched alkanes of at least 4 members (excludes halogenated alkanes) is 1. The van der Waals surface area contributed by atoms with Crippen LogP contribution in [0.3, 0.4) is 0 Å². The molecule has 0 spiro atoms. The summed E-state index contributed by atoms with van der Waals surface area (Å²) in [6.45, 7) is 4.60. The second-order valence-electron chi connectivity index (χ2n) is 6.97. The summed E-state index contributed by atoms with van der Waals surface area (Å²) in [6, 6.07) is 7.50. The highest BCUT2D eigenvalue weighted by Crippen LogP contribution is 2.26. The molecule has 1 aliphatic rings. The van der Waals surface area contributed by atoms with Crippen molar-refractivity contribution in [2.24, 2.45) is 0 Å². The lowest BCUT2D eigenvalue weighted by Crippen LogP contribution is -2.42. The quantitative estimate of drug-likeness (QED) is 0.603. The standard InChI is InChI=1S/C19H25N3O4S2/c1-3-4-10-22(15-9-11-28(24,25)13-15)17(23)12-27-19-21-20-18(26-19)16-8-6-5-7-14(16)2/h5-8,15H,3-4,9-13H2,1-2H3/t15-/m0/s1. The van der Waals surface area contributed by atoms with E-state index in [1.54, 1.807) is 4.90 Å². The molecule has 9 heteroatoms. The molecule has 0 aliphatic carbocycles. The van der Waals surface area contributed by atoms with E-state index < -0.39 is 9.84 Å². The van der Waals surface area contributed by atoms with Gasteiger partial charge in [-0.15, -0.1) is 10.2 Å². The Labute approximate surface area is 169 Å². The summed E-state index contributed by atoms with van der Waals surface area (Å²) in [7, 11) is -3.04. The predicted molar refractivity (Wildman–Crippen MR) is 109 cm³/mol. The van der Waals surface area contributed by atoms with Crippen LogP contribution in [0, 0.1) is 6.92 Å². The van der Waals surface area contributed by atoms with Gasteiger partial charge >= 0.3 is 0 Å². The Morgan fingerprint density at radius 2 is 2.11 bits per heavy atom. The third kappa shape index (κ3) is 5.14. The van der Waals surface area contributed by atoms with Crippen molar-refractivity contribution in [3.63, 3.8) is 0 Å². The van der Waals surface area contributed by atoms with Crippen LogP contribution in [-0.4, -0.2) is 59.3 Å². The zero-order valence-corrected chi connectivity index (χ0v) is 17.8. The number of nitrogens with zero attached hydrogens (tertiary/aromatic N) is 3. The Bertz CT molecular complexity index is 927. The SMILES string of the molecule is CCCCN(C(=O)CSc1nnc(-c2ccccc2C)o1)[C@H]1CCS(=O)(=O)C1. The van der Waals surface area contributed by atoms with Crippen molar-refractivity contribution < 1.29 is 17.6 Å². The number of thioether (sulfide) groups is 1. The number of aryl methyl sites for hydroxylation is 1. The molecule has 2 heterocycles. The minimum Gasteiger partial charge on any atom is -0.411 e. The molecule has 0 saturated carbocycles. The molecule has 0 N–H and O–H groups in total. The summed E-state index contributed by atoms with van der Waals surface area (Å²) in [6.07, 6.45) is 2.31. The van der Waals surface area contributed by atoms with E-state index in [-0.39, 0.29) is 29.2 Å². The lowest BCUT2D eigenvalue weighted by Gasteiger charge is -2.28. The summed E-state index contributed by atoms with van der Waals surface area (Å²) < 4.78 is 29.3. The van der Waals surface area contributed by atoms with Crippen LogP contribution in [0.15, 0.2) is 33.9 Å². The van der Waals surface area contributed by atoms with E-state index in [4.69, 9.17) is 4.42 Å². The zero-order valence-electron chi connectivity index (χ0n) is 16.1. The first-order chi connectivity index (χ1) is 13.4. The van der Waals surface area contributed by atoms with Crippen molar-refractivity contribution in [2.75, 3.05) is 23.8 Å². The number of amides is 1. The number of carbonyl (C=O) groups excluding carboxylic acids is 1. The van der Waals surface area contributed by atoms with Gasteiger partial charge in [0.2, 0.25) is 11.8 Å². The summed E-state index contributed by atoms with van der Waals surface area (Å²) in [5.74, 6) is 0.708. The maximum atomic E-state index is 12.8. The number of hydrogen-bond donors (Lipinski definition) is 0. The normalized spacial score (nSPS) is 18.3. The van der Waals surface area contributed by atoms with E-state index in [9.17, 15) is 13.2 Å². The predicted octanol–water partition coefficient (Wildman–Crippen LogP) is 2.95. The Balaban J connectivity index is 1.64. The maximum Gasteiger partial charge on any atom is 0.277 e. The van der Waals surface area contributed by atoms with E-state index in [1.165, 1.54) is 11.8 Å². The highest BCUT2D eigenvalue weighted by Gasteiger charge is 2.34. The average molecular weight is 424 g/mol. The number of aromatic nitrogens is 2. The van der Waals surface area contributed by atoms with Crippen molar-refractivity contribution >= 4 is 27.5 Å². The molecule has 2 aromatic rings. The molecule has 1 aromatic carbocycles. The second-order valence-corrected chi connectivity index (χ2v) is 10.1. The average Bonchev–Trinajstić information content (AvgIpc) is 3.27. The molecule has 1 amide bonds. The smallest absolute Gasteiger partial charge is 0.277 e. The molecule has 152 valence electrons. The van der Waals surface area contributed by atoms with Crippen LogP contribution in [0.1, 0.15) is 31.7 Å². The highest BCUT2D eigenvalue weighted by atomic mass is 32.2. The van der Waals surface area contributed by atoms with E-state index in [1.807, 2.05) is 38.1 Å². The van der Waals surface area contributed by atoms with E-state index in [0.717, 1.165) is 24.0 Å². The Kier molecular flexibility index (Phi) is 6.77. The topological polar surface area (TPSA) is 93.4 Å². The van der Waals surface area contributed by atoms with Gasteiger partial charge in [-0.2, -0.15) is 0 Å². The molecule has 1 atom stereocenters. The van der Waals surface area contributed by atoms with Crippen molar-refractivity contribution in [1.82, 2.24) is 15.1 Å². The fraction of sp³-hybridized carbons (Fsp3) is 0.526.